The van der Waals surface area contributed by atoms with Crippen LogP contribution in [0.2, 0.25) is 0 Å². The van der Waals surface area contributed by atoms with E-state index >= 15 is 0 Å². The summed E-state index contributed by atoms with van der Waals surface area (Å²) in [6, 6.07) is 30.4. The summed E-state index contributed by atoms with van der Waals surface area (Å²) in [5.74, 6) is 0.0902. The number of ether oxygens (including phenoxy) is 5. The molecule has 5 heteroatoms. The van der Waals surface area contributed by atoms with Gasteiger partial charge >= 0.3 is 0 Å². The molecule has 1 fully saturated rings. The maximum Gasteiger partial charge on any atom is 0.186 e. The molecule has 0 saturated carbocycles. The Balaban J connectivity index is 1.57. The van der Waals surface area contributed by atoms with Crippen LogP contribution in [0.25, 0.3) is 0 Å². The highest BCUT2D eigenvalue weighted by Gasteiger charge is 2.44. The van der Waals surface area contributed by atoms with E-state index < -0.39 is 12.4 Å². The standard InChI is InChI=1S/C29H34O5/c1-22-18-34-29(30-2)28(33-21-25-16-10-5-11-17-25)27(32-20-24-14-8-4-9-15-24)26(22)31-19-23-12-6-3-7-13-23/h3-17,22,26-29H,18-21H2,1-2H3. The lowest BCUT2D eigenvalue weighted by Crippen LogP contribution is -2.49. The lowest BCUT2D eigenvalue weighted by molar-refractivity contribution is -0.229. The van der Waals surface area contributed by atoms with E-state index in [1.165, 1.54) is 0 Å². The topological polar surface area (TPSA) is 46.2 Å². The van der Waals surface area contributed by atoms with E-state index in [9.17, 15) is 0 Å². The predicted molar refractivity (Wildman–Crippen MR) is 131 cm³/mol. The Hall–Kier alpha value is -2.54. The van der Waals surface area contributed by atoms with Crippen LogP contribution in [0.5, 0.6) is 0 Å². The molecule has 5 atom stereocenters. The van der Waals surface area contributed by atoms with Gasteiger partial charge in [0.2, 0.25) is 0 Å². The lowest BCUT2D eigenvalue weighted by Gasteiger charge is -2.35. The van der Waals surface area contributed by atoms with Crippen molar-refractivity contribution in [3.05, 3.63) is 108 Å². The summed E-state index contributed by atoms with van der Waals surface area (Å²) in [4.78, 5) is 0. The second-order valence-electron chi connectivity index (χ2n) is 8.70. The van der Waals surface area contributed by atoms with Crippen molar-refractivity contribution in [2.24, 2.45) is 5.92 Å². The Labute approximate surface area is 202 Å². The van der Waals surface area contributed by atoms with Gasteiger partial charge in [-0.25, -0.2) is 0 Å². The van der Waals surface area contributed by atoms with Gasteiger partial charge in [0, 0.05) is 13.0 Å². The Morgan fingerprint density at radius 3 is 1.47 bits per heavy atom. The van der Waals surface area contributed by atoms with E-state index in [4.69, 9.17) is 23.7 Å². The number of rotatable bonds is 10. The summed E-state index contributed by atoms with van der Waals surface area (Å²) in [5.41, 5.74) is 3.29. The molecular weight excluding hydrogens is 428 g/mol. The summed E-state index contributed by atoms with van der Waals surface area (Å²) < 4.78 is 31.3. The van der Waals surface area contributed by atoms with Crippen LogP contribution >= 0.6 is 0 Å². The first kappa shape index (κ1) is 24.6. The molecule has 3 aromatic carbocycles. The summed E-state index contributed by atoms with van der Waals surface area (Å²) in [5, 5.41) is 0. The van der Waals surface area contributed by atoms with Gasteiger partial charge in [-0.15, -0.1) is 0 Å². The van der Waals surface area contributed by atoms with Gasteiger partial charge in [0.05, 0.1) is 32.5 Å². The first-order valence-electron chi connectivity index (χ1n) is 11.9. The van der Waals surface area contributed by atoms with Crippen molar-refractivity contribution >= 4 is 0 Å². The molecule has 0 bridgehead atoms. The zero-order valence-corrected chi connectivity index (χ0v) is 19.9. The van der Waals surface area contributed by atoms with Crippen LogP contribution in [0, 0.1) is 5.92 Å². The third kappa shape index (κ3) is 6.75. The highest BCUT2D eigenvalue weighted by molar-refractivity contribution is 5.15. The fourth-order valence-corrected chi connectivity index (χ4v) is 4.23. The molecule has 1 aliphatic rings. The Morgan fingerprint density at radius 2 is 1.03 bits per heavy atom. The van der Waals surface area contributed by atoms with Crippen LogP contribution < -0.4 is 0 Å². The van der Waals surface area contributed by atoms with Gasteiger partial charge in [-0.05, 0) is 16.7 Å². The highest BCUT2D eigenvalue weighted by Crippen LogP contribution is 2.30. The zero-order chi connectivity index (χ0) is 23.6. The maximum absolute atomic E-state index is 6.54. The first-order chi connectivity index (χ1) is 16.7. The lowest BCUT2D eigenvalue weighted by atomic mass is 9.97. The van der Waals surface area contributed by atoms with Gasteiger partial charge < -0.3 is 23.7 Å². The van der Waals surface area contributed by atoms with Crippen LogP contribution in [-0.4, -0.2) is 38.3 Å². The Morgan fingerprint density at radius 1 is 0.618 bits per heavy atom. The molecule has 0 aliphatic carbocycles. The molecule has 0 spiro atoms. The molecule has 34 heavy (non-hydrogen) atoms. The van der Waals surface area contributed by atoms with Crippen LogP contribution in [0.4, 0.5) is 0 Å². The molecule has 5 unspecified atom stereocenters. The molecule has 0 radical (unpaired) electrons. The molecule has 1 saturated heterocycles. The van der Waals surface area contributed by atoms with Gasteiger partial charge in [0.15, 0.2) is 6.29 Å². The third-order valence-corrected chi connectivity index (χ3v) is 6.09. The number of hydrogen-bond acceptors (Lipinski definition) is 5. The van der Waals surface area contributed by atoms with Gasteiger partial charge in [-0.3, -0.25) is 0 Å². The average molecular weight is 463 g/mol. The van der Waals surface area contributed by atoms with Crippen molar-refractivity contribution in [2.45, 2.75) is 51.3 Å². The summed E-state index contributed by atoms with van der Waals surface area (Å²) >= 11 is 0. The van der Waals surface area contributed by atoms with Gasteiger partial charge in [-0.2, -0.15) is 0 Å². The van der Waals surface area contributed by atoms with Crippen LogP contribution in [0.1, 0.15) is 23.6 Å². The van der Waals surface area contributed by atoms with E-state index in [2.05, 4.69) is 31.2 Å². The normalized spacial score (nSPS) is 25.1. The molecule has 5 nitrogen and oxygen atoms in total. The fraction of sp³-hybridized carbons (Fsp3) is 0.379. The number of benzene rings is 3. The fourth-order valence-electron chi connectivity index (χ4n) is 4.23. The third-order valence-electron chi connectivity index (χ3n) is 6.09. The summed E-state index contributed by atoms with van der Waals surface area (Å²) in [7, 11) is 1.65. The Bertz CT molecular complexity index is 950. The SMILES string of the molecule is COC1OCC(C)C(OCc2ccccc2)C(OCc2ccccc2)C1OCc1ccccc1. The minimum Gasteiger partial charge on any atom is -0.370 e. The summed E-state index contributed by atoms with van der Waals surface area (Å²) in [6.45, 7) is 3.99. The van der Waals surface area contributed by atoms with E-state index in [1.807, 2.05) is 66.7 Å². The van der Waals surface area contributed by atoms with Gasteiger partial charge in [0.1, 0.15) is 12.2 Å². The molecule has 180 valence electrons. The second-order valence-corrected chi connectivity index (χ2v) is 8.70. The predicted octanol–water partition coefficient (Wildman–Crippen LogP) is 5.38. The average Bonchev–Trinajstić information content (AvgIpc) is 3.02. The molecule has 0 aromatic heterocycles. The smallest absolute Gasteiger partial charge is 0.186 e. The van der Waals surface area contributed by atoms with Gasteiger partial charge in [0.25, 0.3) is 0 Å². The van der Waals surface area contributed by atoms with Crippen molar-refractivity contribution in [1.29, 1.82) is 0 Å². The highest BCUT2D eigenvalue weighted by atomic mass is 16.7. The van der Waals surface area contributed by atoms with Crippen LogP contribution in [-0.2, 0) is 43.5 Å². The van der Waals surface area contributed by atoms with E-state index in [1.54, 1.807) is 7.11 Å². The molecule has 4 rings (SSSR count). The van der Waals surface area contributed by atoms with Crippen molar-refractivity contribution < 1.29 is 23.7 Å². The van der Waals surface area contributed by atoms with Crippen molar-refractivity contribution in [2.75, 3.05) is 13.7 Å². The van der Waals surface area contributed by atoms with E-state index in [0.29, 0.717) is 26.4 Å². The maximum atomic E-state index is 6.54. The molecule has 0 amide bonds. The molecule has 0 N–H and O–H groups in total. The first-order valence-corrected chi connectivity index (χ1v) is 11.9. The molecule has 1 aliphatic heterocycles. The van der Waals surface area contributed by atoms with Crippen LogP contribution in [0.3, 0.4) is 0 Å². The zero-order valence-electron chi connectivity index (χ0n) is 19.9. The monoisotopic (exact) mass is 462 g/mol. The quantitative estimate of drug-likeness (QED) is 0.405. The van der Waals surface area contributed by atoms with Crippen molar-refractivity contribution in [1.82, 2.24) is 0 Å². The Kier molecular flexibility index (Phi) is 9.25. The van der Waals surface area contributed by atoms with Crippen molar-refractivity contribution in [3.63, 3.8) is 0 Å². The van der Waals surface area contributed by atoms with Crippen LogP contribution in [0.15, 0.2) is 91.0 Å². The van der Waals surface area contributed by atoms with E-state index in [-0.39, 0.29) is 18.1 Å². The minimum absolute atomic E-state index is 0.0902. The largest absolute Gasteiger partial charge is 0.370 e. The van der Waals surface area contributed by atoms with Gasteiger partial charge in [-0.1, -0.05) is 97.9 Å². The van der Waals surface area contributed by atoms with E-state index in [0.717, 1.165) is 16.7 Å². The second kappa shape index (κ2) is 12.8. The van der Waals surface area contributed by atoms with Crippen molar-refractivity contribution in [3.8, 4) is 0 Å². The molecular formula is C29H34O5. The summed E-state index contributed by atoms with van der Waals surface area (Å²) in [6.07, 6.45) is -1.63. The number of methoxy groups -OCH3 is 1. The minimum atomic E-state index is -0.558. The molecule has 1 heterocycles. The molecule has 3 aromatic rings. The number of hydrogen-bond donors (Lipinski definition) is 0.